The van der Waals surface area contributed by atoms with Crippen LogP contribution in [0.1, 0.15) is 206 Å². The highest BCUT2D eigenvalue weighted by Gasteiger charge is 2.16. The number of aryl methyl sites for hydroxylation is 2. The summed E-state index contributed by atoms with van der Waals surface area (Å²) < 4.78 is 5.23. The summed E-state index contributed by atoms with van der Waals surface area (Å²) in [5.41, 5.74) is 0. The summed E-state index contributed by atoms with van der Waals surface area (Å²) in [7, 11) is 0. The van der Waals surface area contributed by atoms with Crippen LogP contribution in [0.5, 0.6) is 0 Å². The summed E-state index contributed by atoms with van der Waals surface area (Å²) in [6.45, 7) is 9.39. The van der Waals surface area contributed by atoms with Crippen molar-refractivity contribution >= 4 is 0 Å². The maximum Gasteiger partial charge on any atom is 0.256 e. The molecule has 0 fully saturated rings. The van der Waals surface area contributed by atoms with Gasteiger partial charge in [-0.3, -0.25) is 0 Å². The minimum Gasteiger partial charge on any atom is -0.234 e. The van der Waals surface area contributed by atoms with Gasteiger partial charge in [-0.1, -0.05) is 168 Å². The average molecular weight is 546 g/mol. The van der Waals surface area contributed by atoms with E-state index in [4.69, 9.17) is 0 Å². The first kappa shape index (κ1) is 36.2. The number of rotatable bonds is 31. The summed E-state index contributed by atoms with van der Waals surface area (Å²) >= 11 is 0. The largest absolute Gasteiger partial charge is 0.256 e. The molecule has 39 heavy (non-hydrogen) atoms. The Morgan fingerprint density at radius 3 is 1.23 bits per heavy atom. The molecule has 0 radical (unpaired) electrons. The molecule has 0 aromatic carbocycles. The van der Waals surface area contributed by atoms with Gasteiger partial charge in [0.25, 0.3) is 5.82 Å². The fourth-order valence-corrected chi connectivity index (χ4v) is 6.15. The summed E-state index contributed by atoms with van der Waals surface area (Å²) in [6, 6.07) is 0. The first-order valence-corrected chi connectivity index (χ1v) is 18.4. The van der Waals surface area contributed by atoms with Crippen LogP contribution in [0.2, 0.25) is 0 Å². The monoisotopic (exact) mass is 546 g/mol. The minimum atomic E-state index is 1.23. The lowest BCUT2D eigenvalue weighted by Crippen LogP contribution is -2.37. The molecule has 0 unspecified atom stereocenters. The molecule has 0 aliphatic carbocycles. The van der Waals surface area contributed by atoms with Crippen LogP contribution in [0.4, 0.5) is 0 Å². The van der Waals surface area contributed by atoms with E-state index in [1.54, 1.807) is 5.82 Å². The second kappa shape index (κ2) is 28.7. The van der Waals surface area contributed by atoms with Crippen molar-refractivity contribution in [3.63, 3.8) is 0 Å². The summed E-state index contributed by atoms with van der Waals surface area (Å²) in [5, 5.41) is 0. The molecular weight excluding hydrogens is 472 g/mol. The van der Waals surface area contributed by atoms with Crippen LogP contribution in [0.3, 0.4) is 0 Å². The van der Waals surface area contributed by atoms with E-state index in [2.05, 4.69) is 42.3 Å². The Morgan fingerprint density at radius 1 is 0.436 bits per heavy atom. The standard InChI is InChI=1S/C37H73N2/c1-4-7-10-13-16-17-18-19-20-21-22-23-24-25-28-31-34-39-36-35-38(33-30-27-15-12-9-6-3)37(39)32-29-26-14-11-8-5-2/h35-36H,4-34H2,1-3H3/q+1. The topological polar surface area (TPSA) is 8.81 Å². The summed E-state index contributed by atoms with van der Waals surface area (Å²) in [4.78, 5) is 0. The smallest absolute Gasteiger partial charge is 0.234 e. The van der Waals surface area contributed by atoms with E-state index in [1.165, 1.54) is 199 Å². The third-order valence-electron chi connectivity index (χ3n) is 8.85. The first-order chi connectivity index (χ1) is 19.3. The molecule has 2 nitrogen and oxygen atoms in total. The molecule has 1 aromatic heterocycles. The van der Waals surface area contributed by atoms with Crippen LogP contribution in [-0.2, 0) is 19.5 Å². The van der Waals surface area contributed by atoms with Crippen molar-refractivity contribution in [3.8, 4) is 0 Å². The van der Waals surface area contributed by atoms with Gasteiger partial charge in [0.15, 0.2) is 0 Å². The number of unbranched alkanes of at least 4 members (excludes halogenated alkanes) is 25. The predicted octanol–water partition coefficient (Wildman–Crippen LogP) is 12.3. The Labute approximate surface area is 247 Å². The van der Waals surface area contributed by atoms with E-state index in [1.807, 2.05) is 0 Å². The zero-order valence-corrected chi connectivity index (χ0v) is 27.5. The highest BCUT2D eigenvalue weighted by atomic mass is 15.1. The Balaban J connectivity index is 2.17. The fraction of sp³-hybridized carbons (Fsp3) is 0.919. The van der Waals surface area contributed by atoms with Crippen molar-refractivity contribution < 1.29 is 4.57 Å². The summed E-state index contributed by atoms with van der Waals surface area (Å²) in [6.07, 6.45) is 45.9. The van der Waals surface area contributed by atoms with E-state index in [-0.39, 0.29) is 0 Å². The average Bonchev–Trinajstić information content (AvgIpc) is 3.33. The van der Waals surface area contributed by atoms with E-state index in [9.17, 15) is 0 Å². The number of nitrogens with zero attached hydrogens (tertiary/aromatic N) is 2. The van der Waals surface area contributed by atoms with Gasteiger partial charge in [0, 0.05) is 6.42 Å². The van der Waals surface area contributed by atoms with Gasteiger partial charge in [-0.25, -0.2) is 9.13 Å². The maximum absolute atomic E-state index is 2.62. The van der Waals surface area contributed by atoms with Gasteiger partial charge in [-0.2, -0.15) is 0 Å². The molecule has 0 N–H and O–H groups in total. The predicted molar refractivity (Wildman–Crippen MR) is 175 cm³/mol. The molecule has 1 rings (SSSR count). The van der Waals surface area contributed by atoms with Crippen LogP contribution in [0.25, 0.3) is 0 Å². The lowest BCUT2D eigenvalue weighted by atomic mass is 10.0. The van der Waals surface area contributed by atoms with Crippen molar-refractivity contribution in [2.24, 2.45) is 0 Å². The molecule has 0 atom stereocenters. The molecule has 0 aliphatic heterocycles. The summed E-state index contributed by atoms with van der Waals surface area (Å²) in [5.74, 6) is 1.61. The van der Waals surface area contributed by atoms with Crippen molar-refractivity contribution in [2.45, 2.75) is 220 Å². The Bertz CT molecular complexity index is 605. The second-order valence-corrected chi connectivity index (χ2v) is 12.7. The van der Waals surface area contributed by atoms with E-state index < -0.39 is 0 Å². The van der Waals surface area contributed by atoms with Crippen LogP contribution in [0, 0.1) is 0 Å². The molecule has 2 heteroatoms. The number of hydrogen-bond donors (Lipinski definition) is 0. The molecule has 0 spiro atoms. The maximum atomic E-state index is 2.62. The lowest BCUT2D eigenvalue weighted by molar-refractivity contribution is -0.704. The number of hydrogen-bond acceptors (Lipinski definition) is 0. The minimum absolute atomic E-state index is 1.23. The van der Waals surface area contributed by atoms with E-state index in [0.29, 0.717) is 0 Å². The zero-order valence-electron chi connectivity index (χ0n) is 27.5. The van der Waals surface area contributed by atoms with Crippen LogP contribution in [-0.4, -0.2) is 4.57 Å². The lowest BCUT2D eigenvalue weighted by Gasteiger charge is -2.07. The Kier molecular flexibility index (Phi) is 26.7. The molecule has 0 amide bonds. The highest BCUT2D eigenvalue weighted by molar-refractivity contribution is 4.84. The molecule has 0 saturated carbocycles. The van der Waals surface area contributed by atoms with Gasteiger partial charge in [-0.05, 0) is 32.1 Å². The molecule has 230 valence electrons. The van der Waals surface area contributed by atoms with Crippen molar-refractivity contribution in [3.05, 3.63) is 18.2 Å². The van der Waals surface area contributed by atoms with Crippen molar-refractivity contribution in [1.29, 1.82) is 0 Å². The molecular formula is C37H73N2+. The number of imidazole rings is 1. The fourth-order valence-electron chi connectivity index (χ4n) is 6.15. The van der Waals surface area contributed by atoms with Gasteiger partial charge in [0.2, 0.25) is 0 Å². The zero-order chi connectivity index (χ0) is 28.1. The second-order valence-electron chi connectivity index (χ2n) is 12.7. The van der Waals surface area contributed by atoms with Crippen LogP contribution < -0.4 is 4.57 Å². The molecule has 1 heterocycles. The van der Waals surface area contributed by atoms with Crippen molar-refractivity contribution in [2.75, 3.05) is 0 Å². The van der Waals surface area contributed by atoms with Gasteiger partial charge < -0.3 is 0 Å². The number of aromatic nitrogens is 2. The third kappa shape index (κ3) is 21.6. The van der Waals surface area contributed by atoms with Gasteiger partial charge in [0.05, 0.1) is 13.1 Å². The Morgan fingerprint density at radius 2 is 0.795 bits per heavy atom. The molecule has 0 aliphatic rings. The van der Waals surface area contributed by atoms with E-state index >= 15 is 0 Å². The molecule has 0 bridgehead atoms. The first-order valence-electron chi connectivity index (χ1n) is 18.4. The highest BCUT2D eigenvalue weighted by Crippen LogP contribution is 2.15. The normalized spacial score (nSPS) is 11.6. The van der Waals surface area contributed by atoms with Gasteiger partial charge >= 0.3 is 0 Å². The molecule has 0 saturated heterocycles. The van der Waals surface area contributed by atoms with Gasteiger partial charge in [0.1, 0.15) is 12.4 Å². The molecule has 1 aromatic rings. The quantitative estimate of drug-likeness (QED) is 0.0648. The Hall–Kier alpha value is -0.790. The van der Waals surface area contributed by atoms with E-state index in [0.717, 1.165) is 0 Å². The van der Waals surface area contributed by atoms with Crippen LogP contribution in [0.15, 0.2) is 12.4 Å². The van der Waals surface area contributed by atoms with Gasteiger partial charge in [-0.15, -0.1) is 0 Å². The van der Waals surface area contributed by atoms with Crippen LogP contribution >= 0.6 is 0 Å². The van der Waals surface area contributed by atoms with Crippen molar-refractivity contribution in [1.82, 2.24) is 4.57 Å². The SMILES string of the molecule is CCCCCCCCCCCCCCCCCC[n+]1ccn(CCCCCCCC)c1CCCCCCCC. The third-order valence-corrected chi connectivity index (χ3v) is 8.85.